The first-order chi connectivity index (χ1) is 7.96. The highest BCUT2D eigenvalue weighted by atomic mass is 16.6. The predicted molar refractivity (Wildman–Crippen MR) is 64.0 cm³/mol. The van der Waals surface area contributed by atoms with Crippen LogP contribution in [0.5, 0.6) is 0 Å². The summed E-state index contributed by atoms with van der Waals surface area (Å²) >= 11 is 0. The summed E-state index contributed by atoms with van der Waals surface area (Å²) in [5.74, 6) is 0. The normalized spacial score (nSPS) is 26.5. The molecule has 2 rings (SSSR count). The van der Waals surface area contributed by atoms with E-state index in [4.69, 9.17) is 9.47 Å². The molecule has 0 unspecified atom stereocenters. The molecule has 0 aliphatic carbocycles. The molecule has 0 aromatic carbocycles. The number of nitrogens with zero attached hydrogens (tertiary/aromatic N) is 2. The van der Waals surface area contributed by atoms with Crippen LogP contribution >= 0.6 is 0 Å². The molecule has 2 aliphatic rings. The molecule has 0 saturated carbocycles. The molecule has 0 spiro atoms. The van der Waals surface area contributed by atoms with Crippen molar-refractivity contribution in [2.24, 2.45) is 0 Å². The van der Waals surface area contributed by atoms with Gasteiger partial charge in [-0.2, -0.15) is 0 Å². The molecular weight excluding hydrogens is 220 g/mol. The van der Waals surface area contributed by atoms with Crippen LogP contribution in [-0.4, -0.2) is 66.9 Å². The molecule has 0 N–H and O–H groups in total. The third-order valence-corrected chi connectivity index (χ3v) is 3.09. The molecule has 2 heterocycles. The van der Waals surface area contributed by atoms with Gasteiger partial charge in [0.05, 0.1) is 19.3 Å². The van der Waals surface area contributed by atoms with Crippen molar-refractivity contribution in [2.45, 2.75) is 32.4 Å². The summed E-state index contributed by atoms with van der Waals surface area (Å²) in [4.78, 5) is 16.1. The molecule has 2 saturated heterocycles. The van der Waals surface area contributed by atoms with Crippen molar-refractivity contribution in [1.29, 1.82) is 0 Å². The Morgan fingerprint density at radius 2 is 2.06 bits per heavy atom. The summed E-state index contributed by atoms with van der Waals surface area (Å²) in [6.45, 7) is 10.6. The fraction of sp³-hybridized carbons (Fsp3) is 0.917. The van der Waals surface area contributed by atoms with E-state index in [2.05, 4.69) is 4.90 Å². The number of carbonyl (C=O) groups excluding carboxylic acids is 1. The van der Waals surface area contributed by atoms with E-state index in [0.29, 0.717) is 6.04 Å². The van der Waals surface area contributed by atoms with E-state index in [9.17, 15) is 4.79 Å². The lowest BCUT2D eigenvalue weighted by Gasteiger charge is -2.43. The van der Waals surface area contributed by atoms with Crippen LogP contribution in [0.25, 0.3) is 0 Å². The van der Waals surface area contributed by atoms with Crippen LogP contribution in [-0.2, 0) is 9.47 Å². The zero-order chi connectivity index (χ0) is 12.5. The summed E-state index contributed by atoms with van der Waals surface area (Å²) in [6, 6.07) is 0.338. The molecule has 98 valence electrons. The second kappa shape index (κ2) is 4.82. The smallest absolute Gasteiger partial charge is 0.410 e. The molecule has 0 aromatic heterocycles. The van der Waals surface area contributed by atoms with Gasteiger partial charge in [0.2, 0.25) is 0 Å². The van der Waals surface area contributed by atoms with E-state index in [1.54, 1.807) is 4.90 Å². The van der Waals surface area contributed by atoms with E-state index in [1.165, 1.54) is 0 Å². The number of fused-ring (bicyclic) bond motifs is 1. The Kier molecular flexibility index (Phi) is 3.58. The van der Waals surface area contributed by atoms with Gasteiger partial charge in [-0.25, -0.2) is 4.79 Å². The van der Waals surface area contributed by atoms with Gasteiger partial charge in [0.15, 0.2) is 0 Å². The summed E-state index contributed by atoms with van der Waals surface area (Å²) in [5, 5.41) is 0. The highest BCUT2D eigenvalue weighted by Crippen LogP contribution is 2.16. The van der Waals surface area contributed by atoms with E-state index in [-0.39, 0.29) is 6.09 Å². The van der Waals surface area contributed by atoms with Crippen LogP contribution in [0.3, 0.4) is 0 Å². The average Bonchev–Trinajstić information content (AvgIpc) is 2.26. The van der Waals surface area contributed by atoms with Crippen molar-refractivity contribution in [1.82, 2.24) is 9.80 Å². The van der Waals surface area contributed by atoms with Crippen LogP contribution < -0.4 is 0 Å². The van der Waals surface area contributed by atoms with E-state index >= 15 is 0 Å². The lowest BCUT2D eigenvalue weighted by Crippen LogP contribution is -2.59. The SMILES string of the molecule is CC(C)(C)OC(=O)N1CCN2CCOC[C@@H]2C1. The maximum absolute atomic E-state index is 11.9. The third kappa shape index (κ3) is 3.33. The maximum Gasteiger partial charge on any atom is 0.410 e. The Morgan fingerprint density at radius 1 is 1.29 bits per heavy atom. The number of morpholine rings is 1. The van der Waals surface area contributed by atoms with Gasteiger partial charge in [0, 0.05) is 26.2 Å². The van der Waals surface area contributed by atoms with E-state index in [1.807, 2.05) is 20.8 Å². The lowest BCUT2D eigenvalue weighted by atomic mass is 10.1. The molecule has 17 heavy (non-hydrogen) atoms. The minimum absolute atomic E-state index is 0.206. The fourth-order valence-corrected chi connectivity index (χ4v) is 2.24. The fourth-order valence-electron chi connectivity index (χ4n) is 2.24. The van der Waals surface area contributed by atoms with Crippen molar-refractivity contribution in [3.8, 4) is 0 Å². The Hall–Kier alpha value is -0.810. The Morgan fingerprint density at radius 3 is 2.76 bits per heavy atom. The Bertz CT molecular complexity index is 288. The van der Waals surface area contributed by atoms with Crippen molar-refractivity contribution in [2.75, 3.05) is 39.4 Å². The first-order valence-electron chi connectivity index (χ1n) is 6.25. The number of amides is 1. The first-order valence-corrected chi connectivity index (χ1v) is 6.25. The summed E-state index contributed by atoms with van der Waals surface area (Å²) < 4.78 is 10.8. The minimum Gasteiger partial charge on any atom is -0.444 e. The van der Waals surface area contributed by atoms with Crippen LogP contribution in [0.15, 0.2) is 0 Å². The average molecular weight is 242 g/mol. The summed E-state index contributed by atoms with van der Waals surface area (Å²) in [6.07, 6.45) is -0.206. The molecular formula is C12H22N2O3. The van der Waals surface area contributed by atoms with Crippen LogP contribution in [0.2, 0.25) is 0 Å². The highest BCUT2D eigenvalue weighted by molar-refractivity contribution is 5.68. The summed E-state index contributed by atoms with van der Waals surface area (Å²) in [5.41, 5.74) is -0.419. The molecule has 1 atom stereocenters. The van der Waals surface area contributed by atoms with Gasteiger partial charge >= 0.3 is 6.09 Å². The monoisotopic (exact) mass is 242 g/mol. The molecule has 5 heteroatoms. The van der Waals surface area contributed by atoms with Gasteiger partial charge in [-0.3, -0.25) is 4.90 Å². The molecule has 5 nitrogen and oxygen atoms in total. The number of rotatable bonds is 0. The number of hydrogen-bond donors (Lipinski definition) is 0. The third-order valence-electron chi connectivity index (χ3n) is 3.09. The van der Waals surface area contributed by atoms with Gasteiger partial charge in [-0.05, 0) is 20.8 Å². The van der Waals surface area contributed by atoms with Gasteiger partial charge in [0.25, 0.3) is 0 Å². The Labute approximate surface area is 103 Å². The van der Waals surface area contributed by atoms with E-state index < -0.39 is 5.60 Å². The molecule has 2 aliphatic heterocycles. The highest BCUT2D eigenvalue weighted by Gasteiger charge is 2.33. The van der Waals surface area contributed by atoms with Gasteiger partial charge in [-0.1, -0.05) is 0 Å². The molecule has 0 radical (unpaired) electrons. The predicted octanol–water partition coefficient (Wildman–Crippen LogP) is 0.938. The number of ether oxygens (including phenoxy) is 2. The maximum atomic E-state index is 11.9. The van der Waals surface area contributed by atoms with Gasteiger partial charge in [-0.15, -0.1) is 0 Å². The molecule has 1 amide bonds. The van der Waals surface area contributed by atoms with Crippen LogP contribution in [0.4, 0.5) is 4.79 Å². The second-order valence-electron chi connectivity index (χ2n) is 5.69. The Balaban J connectivity index is 1.89. The largest absolute Gasteiger partial charge is 0.444 e. The van der Waals surface area contributed by atoms with Crippen molar-refractivity contribution in [3.63, 3.8) is 0 Å². The van der Waals surface area contributed by atoms with Crippen LogP contribution in [0.1, 0.15) is 20.8 Å². The summed E-state index contributed by atoms with van der Waals surface area (Å²) in [7, 11) is 0. The molecule has 0 bridgehead atoms. The molecule has 2 fully saturated rings. The zero-order valence-electron chi connectivity index (χ0n) is 10.9. The van der Waals surface area contributed by atoms with Gasteiger partial charge < -0.3 is 14.4 Å². The number of hydrogen-bond acceptors (Lipinski definition) is 4. The van der Waals surface area contributed by atoms with Gasteiger partial charge in [0.1, 0.15) is 5.60 Å². The quantitative estimate of drug-likeness (QED) is 0.634. The second-order valence-corrected chi connectivity index (χ2v) is 5.69. The first kappa shape index (κ1) is 12.6. The van der Waals surface area contributed by atoms with Crippen molar-refractivity contribution < 1.29 is 14.3 Å². The zero-order valence-corrected chi connectivity index (χ0v) is 10.9. The van der Waals surface area contributed by atoms with Crippen molar-refractivity contribution >= 4 is 6.09 Å². The lowest BCUT2D eigenvalue weighted by molar-refractivity contribution is -0.0503. The van der Waals surface area contributed by atoms with Crippen LogP contribution in [0, 0.1) is 0 Å². The number of piperazine rings is 1. The standard InChI is InChI=1S/C12H22N2O3/c1-12(2,3)17-11(15)14-5-4-13-6-7-16-9-10(13)8-14/h10H,4-9H2,1-3H3/t10-/m0/s1. The molecule has 0 aromatic rings. The van der Waals surface area contributed by atoms with E-state index in [0.717, 1.165) is 39.4 Å². The topological polar surface area (TPSA) is 42.0 Å². The number of carbonyl (C=O) groups is 1. The minimum atomic E-state index is -0.419. The van der Waals surface area contributed by atoms with Crippen molar-refractivity contribution in [3.05, 3.63) is 0 Å².